The number of fused-ring (bicyclic) bond motifs is 3. The summed E-state index contributed by atoms with van der Waals surface area (Å²) in [5.74, 6) is 0. The van der Waals surface area contributed by atoms with Gasteiger partial charge in [-0.1, -0.05) is 30.3 Å². The number of piperazine rings is 1. The Morgan fingerprint density at radius 3 is 2.29 bits per heavy atom. The summed E-state index contributed by atoms with van der Waals surface area (Å²) >= 11 is 0. The molecule has 0 unspecified atom stereocenters. The number of rotatable bonds is 4. The number of nitrogens with zero attached hydrogens (tertiary/aromatic N) is 3. The normalized spacial score (nSPS) is 14.9. The van der Waals surface area contributed by atoms with E-state index in [-0.39, 0.29) is 16.2 Å². The van der Waals surface area contributed by atoms with Crippen molar-refractivity contribution in [2.24, 2.45) is 0 Å². The van der Waals surface area contributed by atoms with E-state index in [0.717, 1.165) is 54.7 Å². The first kappa shape index (κ1) is 19.3. The van der Waals surface area contributed by atoms with E-state index in [9.17, 15) is 14.9 Å². The maximum absolute atomic E-state index is 12.4. The number of nitrogens with one attached hydrogen (secondary N) is 1. The van der Waals surface area contributed by atoms with Gasteiger partial charge in [0.25, 0.3) is 11.2 Å². The zero-order valence-corrected chi connectivity index (χ0v) is 17.0. The first-order valence-corrected chi connectivity index (χ1v) is 10.3. The zero-order chi connectivity index (χ0) is 21.4. The van der Waals surface area contributed by atoms with Crippen molar-refractivity contribution in [3.8, 4) is 0 Å². The van der Waals surface area contributed by atoms with Crippen molar-refractivity contribution >= 4 is 33.1 Å². The highest BCUT2D eigenvalue weighted by atomic mass is 16.6. The molecule has 7 nitrogen and oxygen atoms in total. The van der Waals surface area contributed by atoms with Crippen LogP contribution in [0.2, 0.25) is 0 Å². The fraction of sp³-hybridized carbons (Fsp3) is 0.208. The Hall–Kier alpha value is -3.71. The molecule has 3 aromatic carbocycles. The second kappa shape index (κ2) is 7.85. The number of hydrogen-bond donors (Lipinski definition) is 1. The molecular formula is C24H22N4O3. The predicted molar refractivity (Wildman–Crippen MR) is 123 cm³/mol. The van der Waals surface area contributed by atoms with Crippen LogP contribution in [0.5, 0.6) is 0 Å². The Morgan fingerprint density at radius 1 is 0.871 bits per heavy atom. The standard InChI is InChI=1S/C24H22N4O3/c29-24-22-4-2-1-3-20(22)21-10-5-17(15-23(21)25-24)16-26-11-13-27(14-12-26)18-6-8-19(9-7-18)28(30)31/h1-10,15H,11-14,16H2,(H,25,29). The molecule has 1 fully saturated rings. The van der Waals surface area contributed by atoms with Gasteiger partial charge in [0, 0.05) is 66.8 Å². The van der Waals surface area contributed by atoms with Crippen LogP contribution >= 0.6 is 0 Å². The topological polar surface area (TPSA) is 82.5 Å². The van der Waals surface area contributed by atoms with Gasteiger partial charge in [0.05, 0.1) is 4.92 Å². The first-order chi connectivity index (χ1) is 15.1. The largest absolute Gasteiger partial charge is 0.369 e. The molecule has 1 aromatic heterocycles. The third-order valence-electron chi connectivity index (χ3n) is 6.00. The zero-order valence-electron chi connectivity index (χ0n) is 17.0. The Bertz CT molecular complexity index is 1320. The van der Waals surface area contributed by atoms with Gasteiger partial charge in [0.2, 0.25) is 0 Å². The number of nitro benzene ring substituents is 1. The van der Waals surface area contributed by atoms with Gasteiger partial charge in [0.15, 0.2) is 0 Å². The molecule has 5 rings (SSSR count). The van der Waals surface area contributed by atoms with Crippen molar-refractivity contribution < 1.29 is 4.92 Å². The van der Waals surface area contributed by atoms with E-state index < -0.39 is 0 Å². The second-order valence-electron chi connectivity index (χ2n) is 7.92. The Morgan fingerprint density at radius 2 is 1.58 bits per heavy atom. The van der Waals surface area contributed by atoms with Crippen molar-refractivity contribution in [2.75, 3.05) is 31.1 Å². The summed E-state index contributed by atoms with van der Waals surface area (Å²) in [7, 11) is 0. The van der Waals surface area contributed by atoms with Crippen LogP contribution in [0.4, 0.5) is 11.4 Å². The average Bonchev–Trinajstić information content (AvgIpc) is 2.80. The Labute approximate surface area is 178 Å². The molecule has 2 heterocycles. The summed E-state index contributed by atoms with van der Waals surface area (Å²) < 4.78 is 0. The molecule has 0 saturated carbocycles. The highest BCUT2D eigenvalue weighted by Gasteiger charge is 2.18. The summed E-state index contributed by atoms with van der Waals surface area (Å²) in [5, 5.41) is 13.6. The number of nitro groups is 1. The van der Waals surface area contributed by atoms with Crippen LogP contribution in [-0.2, 0) is 6.54 Å². The molecule has 0 bridgehead atoms. The van der Waals surface area contributed by atoms with Gasteiger partial charge in [-0.3, -0.25) is 19.8 Å². The molecule has 156 valence electrons. The molecule has 1 N–H and O–H groups in total. The molecular weight excluding hydrogens is 392 g/mol. The maximum Gasteiger partial charge on any atom is 0.269 e. The lowest BCUT2D eigenvalue weighted by Gasteiger charge is -2.36. The summed E-state index contributed by atoms with van der Waals surface area (Å²) in [5.41, 5.74) is 3.11. The van der Waals surface area contributed by atoms with Crippen molar-refractivity contribution in [1.29, 1.82) is 0 Å². The fourth-order valence-electron chi connectivity index (χ4n) is 4.34. The molecule has 31 heavy (non-hydrogen) atoms. The minimum Gasteiger partial charge on any atom is -0.369 e. The monoisotopic (exact) mass is 414 g/mol. The van der Waals surface area contributed by atoms with E-state index in [1.165, 1.54) is 5.56 Å². The molecule has 0 aliphatic carbocycles. The third-order valence-corrected chi connectivity index (χ3v) is 6.00. The molecule has 1 aliphatic rings. The number of aromatic amines is 1. The van der Waals surface area contributed by atoms with Crippen LogP contribution in [0.15, 0.2) is 71.5 Å². The van der Waals surface area contributed by atoms with Gasteiger partial charge < -0.3 is 9.88 Å². The number of benzene rings is 3. The lowest BCUT2D eigenvalue weighted by Crippen LogP contribution is -2.45. The van der Waals surface area contributed by atoms with Crippen LogP contribution in [0.25, 0.3) is 21.7 Å². The number of aromatic nitrogens is 1. The Balaban J connectivity index is 1.29. The smallest absolute Gasteiger partial charge is 0.269 e. The second-order valence-corrected chi connectivity index (χ2v) is 7.92. The van der Waals surface area contributed by atoms with Crippen LogP contribution in [0, 0.1) is 10.1 Å². The van der Waals surface area contributed by atoms with E-state index in [1.807, 2.05) is 36.4 Å². The van der Waals surface area contributed by atoms with Crippen molar-refractivity contribution in [1.82, 2.24) is 9.88 Å². The van der Waals surface area contributed by atoms with E-state index in [1.54, 1.807) is 12.1 Å². The summed E-state index contributed by atoms with van der Waals surface area (Å²) in [4.78, 5) is 30.5. The lowest BCUT2D eigenvalue weighted by molar-refractivity contribution is -0.384. The van der Waals surface area contributed by atoms with Gasteiger partial charge in [-0.2, -0.15) is 0 Å². The van der Waals surface area contributed by atoms with E-state index in [0.29, 0.717) is 5.39 Å². The lowest BCUT2D eigenvalue weighted by atomic mass is 10.0. The number of pyridine rings is 1. The van der Waals surface area contributed by atoms with E-state index >= 15 is 0 Å². The molecule has 0 atom stereocenters. The molecule has 1 aliphatic heterocycles. The van der Waals surface area contributed by atoms with E-state index in [2.05, 4.69) is 33.0 Å². The van der Waals surface area contributed by atoms with Gasteiger partial charge >= 0.3 is 0 Å². The Kier molecular flexibility index (Phi) is 4.88. The average molecular weight is 414 g/mol. The number of non-ortho nitro benzene ring substituents is 1. The molecule has 0 radical (unpaired) electrons. The van der Waals surface area contributed by atoms with Crippen LogP contribution in [-0.4, -0.2) is 41.0 Å². The molecule has 0 amide bonds. The maximum atomic E-state index is 12.4. The van der Waals surface area contributed by atoms with Crippen LogP contribution in [0.1, 0.15) is 5.56 Å². The van der Waals surface area contributed by atoms with Crippen molar-refractivity contribution in [3.05, 3.63) is 92.8 Å². The predicted octanol–water partition coefficient (Wildman–Crippen LogP) is 3.91. The van der Waals surface area contributed by atoms with Gasteiger partial charge in [-0.25, -0.2) is 0 Å². The molecule has 1 saturated heterocycles. The summed E-state index contributed by atoms with van der Waals surface area (Å²) in [6, 6.07) is 20.7. The number of H-pyrrole nitrogens is 1. The first-order valence-electron chi connectivity index (χ1n) is 10.3. The highest BCUT2D eigenvalue weighted by Crippen LogP contribution is 2.24. The quantitative estimate of drug-likeness (QED) is 0.311. The minimum absolute atomic E-state index is 0.0584. The SMILES string of the molecule is O=c1[nH]c2cc(CN3CCN(c4ccc([N+](=O)[O-])cc4)CC3)ccc2c2ccccc12. The summed E-state index contributed by atoms with van der Waals surface area (Å²) in [6.45, 7) is 4.37. The van der Waals surface area contributed by atoms with Crippen LogP contribution < -0.4 is 10.5 Å². The fourth-order valence-corrected chi connectivity index (χ4v) is 4.34. The van der Waals surface area contributed by atoms with Crippen molar-refractivity contribution in [2.45, 2.75) is 6.54 Å². The highest BCUT2D eigenvalue weighted by molar-refractivity contribution is 6.05. The van der Waals surface area contributed by atoms with Gasteiger partial charge in [-0.15, -0.1) is 0 Å². The third kappa shape index (κ3) is 3.75. The minimum atomic E-state index is -0.374. The van der Waals surface area contributed by atoms with Gasteiger partial charge in [-0.05, 0) is 35.2 Å². The molecule has 4 aromatic rings. The van der Waals surface area contributed by atoms with Gasteiger partial charge in [0.1, 0.15) is 0 Å². The summed E-state index contributed by atoms with van der Waals surface area (Å²) in [6.07, 6.45) is 0. The van der Waals surface area contributed by atoms with E-state index in [4.69, 9.17) is 0 Å². The number of anilines is 1. The van der Waals surface area contributed by atoms with Crippen LogP contribution in [0.3, 0.4) is 0 Å². The molecule has 7 heteroatoms. The van der Waals surface area contributed by atoms with Crippen molar-refractivity contribution in [3.63, 3.8) is 0 Å². The number of hydrogen-bond acceptors (Lipinski definition) is 5. The molecule has 0 spiro atoms.